The van der Waals surface area contributed by atoms with E-state index in [9.17, 15) is 4.79 Å². The first-order chi connectivity index (χ1) is 11.6. The molecule has 1 fully saturated rings. The Morgan fingerprint density at radius 3 is 2.75 bits per heavy atom. The van der Waals surface area contributed by atoms with Crippen molar-refractivity contribution in [2.45, 2.75) is 25.6 Å². The lowest BCUT2D eigenvalue weighted by molar-refractivity contribution is -0.136. The van der Waals surface area contributed by atoms with Crippen LogP contribution in [-0.2, 0) is 19.0 Å². The fourth-order valence-electron chi connectivity index (χ4n) is 4.07. The maximum atomic E-state index is 12.1. The van der Waals surface area contributed by atoms with Gasteiger partial charge in [0, 0.05) is 35.6 Å². The molecule has 0 spiro atoms. The minimum Gasteiger partial charge on any atom is -0.466 e. The van der Waals surface area contributed by atoms with Crippen LogP contribution in [0.2, 0.25) is 0 Å². The van der Waals surface area contributed by atoms with Gasteiger partial charge in [-0.3, -0.25) is 0 Å². The maximum Gasteiger partial charge on any atom is 0.333 e. The van der Waals surface area contributed by atoms with Gasteiger partial charge in [-0.25, -0.2) is 4.79 Å². The fraction of sp³-hybridized carbons (Fsp3) is 0.526. The van der Waals surface area contributed by atoms with Gasteiger partial charge in [-0.05, 0) is 24.0 Å². The molecule has 130 valence electrons. The van der Waals surface area contributed by atoms with Crippen LogP contribution in [0.1, 0.15) is 25.0 Å². The third kappa shape index (κ3) is 3.05. The van der Waals surface area contributed by atoms with Crippen molar-refractivity contribution in [1.29, 1.82) is 0 Å². The molecule has 1 aliphatic carbocycles. The molecule has 2 aliphatic rings. The van der Waals surface area contributed by atoms with Gasteiger partial charge >= 0.3 is 5.97 Å². The van der Waals surface area contributed by atoms with Crippen molar-refractivity contribution in [2.75, 3.05) is 20.8 Å². The summed E-state index contributed by atoms with van der Waals surface area (Å²) in [6.45, 7) is 2.85. The molecule has 5 heteroatoms. The number of carbonyl (C=O) groups is 1. The van der Waals surface area contributed by atoms with Gasteiger partial charge < -0.3 is 14.2 Å². The third-order valence-electron chi connectivity index (χ3n) is 5.26. The smallest absolute Gasteiger partial charge is 0.333 e. The minimum atomic E-state index is -0.236. The molecule has 0 radical (unpaired) electrons. The molecule has 0 aromatic heterocycles. The second-order valence-electron chi connectivity index (χ2n) is 6.46. The lowest BCUT2D eigenvalue weighted by Gasteiger charge is -2.31. The van der Waals surface area contributed by atoms with Gasteiger partial charge in [-0.1, -0.05) is 47.1 Å². The summed E-state index contributed by atoms with van der Waals surface area (Å²) in [6, 6.07) is 8.10. The molecule has 0 N–H and O–H groups in total. The number of benzene rings is 1. The molecule has 1 aliphatic heterocycles. The van der Waals surface area contributed by atoms with E-state index in [4.69, 9.17) is 14.2 Å². The van der Waals surface area contributed by atoms with E-state index in [-0.39, 0.29) is 35.9 Å². The predicted molar refractivity (Wildman–Crippen MR) is 94.5 cm³/mol. The highest BCUT2D eigenvalue weighted by molar-refractivity contribution is 9.10. The molecular weight excluding hydrogens is 372 g/mol. The Hall–Kier alpha value is -1.17. The lowest BCUT2D eigenvalue weighted by atomic mass is 9.82. The van der Waals surface area contributed by atoms with E-state index in [2.05, 4.69) is 28.9 Å². The lowest BCUT2D eigenvalue weighted by Crippen LogP contribution is -2.30. The topological polar surface area (TPSA) is 44.8 Å². The van der Waals surface area contributed by atoms with Crippen LogP contribution in [0.4, 0.5) is 0 Å². The molecule has 1 aromatic rings. The van der Waals surface area contributed by atoms with E-state index in [1.54, 1.807) is 7.11 Å². The second-order valence-corrected chi connectivity index (χ2v) is 7.31. The van der Waals surface area contributed by atoms with Gasteiger partial charge in [-0.15, -0.1) is 0 Å². The van der Waals surface area contributed by atoms with Crippen molar-refractivity contribution in [3.63, 3.8) is 0 Å². The molecule has 4 nitrogen and oxygen atoms in total. The van der Waals surface area contributed by atoms with Crippen molar-refractivity contribution >= 4 is 21.9 Å². The zero-order chi connectivity index (χ0) is 17.3. The first kappa shape index (κ1) is 17.6. The van der Waals surface area contributed by atoms with Crippen LogP contribution in [0.5, 0.6) is 0 Å². The first-order valence-corrected chi connectivity index (χ1v) is 9.06. The summed E-state index contributed by atoms with van der Waals surface area (Å²) in [6.07, 6.45) is 2.88. The molecule has 1 saturated heterocycles. The molecule has 1 heterocycles. The maximum absolute atomic E-state index is 12.1. The number of hydrogen-bond donors (Lipinski definition) is 0. The normalized spacial score (nSPS) is 28.2. The van der Waals surface area contributed by atoms with Crippen LogP contribution in [0.25, 0.3) is 0 Å². The SMILES string of the molecule is COC(=O)C1=C[C@@H]([C@@H](C)[C@H](OC)c2ccccc2Br)[C@@H]2OCC[C@H]12. The Kier molecular flexibility index (Phi) is 5.42. The zero-order valence-corrected chi connectivity index (χ0v) is 15.8. The summed E-state index contributed by atoms with van der Waals surface area (Å²) in [5, 5.41) is 0. The Labute approximate surface area is 151 Å². The van der Waals surface area contributed by atoms with Crippen LogP contribution in [0.15, 0.2) is 40.4 Å². The molecular formula is C19H23BrO4. The van der Waals surface area contributed by atoms with E-state index in [1.165, 1.54) is 7.11 Å². The van der Waals surface area contributed by atoms with Crippen molar-refractivity contribution in [2.24, 2.45) is 17.8 Å². The number of methoxy groups -OCH3 is 2. The fourth-order valence-corrected chi connectivity index (χ4v) is 4.58. The molecule has 0 unspecified atom stereocenters. The summed E-state index contributed by atoms with van der Waals surface area (Å²) < 4.78 is 17.8. The zero-order valence-electron chi connectivity index (χ0n) is 14.2. The molecule has 24 heavy (non-hydrogen) atoms. The third-order valence-corrected chi connectivity index (χ3v) is 5.98. The van der Waals surface area contributed by atoms with Gasteiger partial charge in [0.1, 0.15) is 0 Å². The Morgan fingerprint density at radius 1 is 1.33 bits per heavy atom. The van der Waals surface area contributed by atoms with Crippen LogP contribution >= 0.6 is 15.9 Å². The van der Waals surface area contributed by atoms with E-state index in [1.807, 2.05) is 24.3 Å². The summed E-state index contributed by atoms with van der Waals surface area (Å²) in [4.78, 5) is 12.1. The minimum absolute atomic E-state index is 0.0363. The summed E-state index contributed by atoms with van der Waals surface area (Å²) in [7, 11) is 3.16. The van der Waals surface area contributed by atoms with Crippen LogP contribution in [0.3, 0.4) is 0 Å². The van der Waals surface area contributed by atoms with E-state index < -0.39 is 0 Å². The van der Waals surface area contributed by atoms with Crippen LogP contribution < -0.4 is 0 Å². The number of ether oxygens (including phenoxy) is 3. The van der Waals surface area contributed by atoms with Crippen molar-refractivity contribution in [3.8, 4) is 0 Å². The standard InChI is InChI=1S/C19H23BrO4/c1-11(17(22-2)13-6-4-5-7-16(13)20)14-10-15(19(21)23-3)12-8-9-24-18(12)14/h4-7,10-12,14,17-18H,8-9H2,1-3H3/t11-,12-,14+,17+,18-/m1/s1. The van der Waals surface area contributed by atoms with Crippen molar-refractivity contribution in [3.05, 3.63) is 46.0 Å². The molecule has 5 atom stereocenters. The highest BCUT2D eigenvalue weighted by Gasteiger charge is 2.47. The van der Waals surface area contributed by atoms with E-state index >= 15 is 0 Å². The number of rotatable bonds is 5. The summed E-state index contributed by atoms with van der Waals surface area (Å²) >= 11 is 3.62. The highest BCUT2D eigenvalue weighted by atomic mass is 79.9. The molecule has 0 amide bonds. The van der Waals surface area contributed by atoms with Crippen LogP contribution in [0, 0.1) is 17.8 Å². The second kappa shape index (κ2) is 7.38. The van der Waals surface area contributed by atoms with E-state index in [0.29, 0.717) is 6.61 Å². The number of fused-ring (bicyclic) bond motifs is 1. The van der Waals surface area contributed by atoms with Gasteiger partial charge in [0.25, 0.3) is 0 Å². The molecule has 0 bridgehead atoms. The Morgan fingerprint density at radius 2 is 2.08 bits per heavy atom. The largest absolute Gasteiger partial charge is 0.466 e. The quantitative estimate of drug-likeness (QED) is 0.710. The number of halogens is 1. The Bertz CT molecular complexity index is 642. The van der Waals surface area contributed by atoms with Crippen molar-refractivity contribution < 1.29 is 19.0 Å². The molecule has 1 aromatic carbocycles. The van der Waals surface area contributed by atoms with Gasteiger partial charge in [0.05, 0.1) is 19.3 Å². The number of esters is 1. The average molecular weight is 395 g/mol. The predicted octanol–water partition coefficient (Wildman–Crippen LogP) is 3.91. The monoisotopic (exact) mass is 394 g/mol. The van der Waals surface area contributed by atoms with Gasteiger partial charge in [0.2, 0.25) is 0 Å². The Balaban J connectivity index is 1.90. The summed E-state index contributed by atoms with van der Waals surface area (Å²) in [5.74, 6) is 0.201. The summed E-state index contributed by atoms with van der Waals surface area (Å²) in [5.41, 5.74) is 1.88. The average Bonchev–Trinajstić information content (AvgIpc) is 3.18. The first-order valence-electron chi connectivity index (χ1n) is 8.27. The van der Waals surface area contributed by atoms with E-state index in [0.717, 1.165) is 22.0 Å². The number of hydrogen-bond acceptors (Lipinski definition) is 4. The van der Waals surface area contributed by atoms with Gasteiger partial charge in [-0.2, -0.15) is 0 Å². The van der Waals surface area contributed by atoms with Crippen LogP contribution in [-0.4, -0.2) is 32.9 Å². The van der Waals surface area contributed by atoms with Crippen molar-refractivity contribution in [1.82, 2.24) is 0 Å². The van der Waals surface area contributed by atoms with Gasteiger partial charge in [0.15, 0.2) is 0 Å². The highest BCUT2D eigenvalue weighted by Crippen LogP contribution is 2.47. The molecule has 0 saturated carbocycles. The number of carbonyl (C=O) groups excluding carboxylic acids is 1. The molecule has 3 rings (SSSR count).